The van der Waals surface area contributed by atoms with Crippen molar-refractivity contribution >= 4 is 17.5 Å². The Morgan fingerprint density at radius 3 is 2.41 bits per heavy atom. The molecule has 0 amide bonds. The minimum absolute atomic E-state index is 0.216. The van der Waals surface area contributed by atoms with Crippen molar-refractivity contribution in [3.8, 4) is 34.2 Å². The largest absolute Gasteiger partial charge is 0.393 e. The van der Waals surface area contributed by atoms with Crippen LogP contribution in [0.25, 0.3) is 22.4 Å². The molecule has 202 valence electrons. The van der Waals surface area contributed by atoms with Gasteiger partial charge < -0.3 is 15.7 Å². The summed E-state index contributed by atoms with van der Waals surface area (Å²) in [5.41, 5.74) is 6.12. The molecule has 1 fully saturated rings. The van der Waals surface area contributed by atoms with Gasteiger partial charge in [-0.2, -0.15) is 4.98 Å². The summed E-state index contributed by atoms with van der Waals surface area (Å²) in [4.78, 5) is 22.5. The fourth-order valence-electron chi connectivity index (χ4n) is 4.79. The van der Waals surface area contributed by atoms with Gasteiger partial charge in [0.25, 0.3) is 0 Å². The molecule has 3 N–H and O–H groups in total. The van der Waals surface area contributed by atoms with Crippen LogP contribution < -0.4 is 10.6 Å². The molecular weight excluding hydrogens is 510 g/mol. The van der Waals surface area contributed by atoms with Crippen molar-refractivity contribution < 1.29 is 5.11 Å². The average molecular weight is 540 g/mol. The van der Waals surface area contributed by atoms with E-state index in [1.165, 1.54) is 0 Å². The van der Waals surface area contributed by atoms with Crippen LogP contribution in [0.3, 0.4) is 0 Å². The molecule has 8 heteroatoms. The summed E-state index contributed by atoms with van der Waals surface area (Å²) in [5.74, 6) is 7.56. The van der Waals surface area contributed by atoms with Crippen LogP contribution in [0.2, 0.25) is 0 Å². The van der Waals surface area contributed by atoms with E-state index in [0.717, 1.165) is 65.1 Å². The van der Waals surface area contributed by atoms with Crippen molar-refractivity contribution in [2.45, 2.75) is 37.8 Å². The van der Waals surface area contributed by atoms with Crippen LogP contribution in [0.5, 0.6) is 0 Å². The van der Waals surface area contributed by atoms with Gasteiger partial charge in [0.2, 0.25) is 5.95 Å². The van der Waals surface area contributed by atoms with Crippen LogP contribution in [0, 0.1) is 11.8 Å². The molecule has 1 aliphatic rings. The van der Waals surface area contributed by atoms with Crippen molar-refractivity contribution in [2.24, 2.45) is 0 Å². The maximum absolute atomic E-state index is 9.91. The van der Waals surface area contributed by atoms with Crippen molar-refractivity contribution in [3.63, 3.8) is 0 Å². The number of hydrogen-bond acceptors (Lipinski definition) is 8. The number of nitrogens with zero attached hydrogens (tertiary/aromatic N) is 5. The van der Waals surface area contributed by atoms with Gasteiger partial charge in [-0.1, -0.05) is 18.1 Å². The van der Waals surface area contributed by atoms with E-state index >= 15 is 0 Å². The summed E-state index contributed by atoms with van der Waals surface area (Å²) in [6.07, 6.45) is 12.0. The van der Waals surface area contributed by atoms with E-state index in [0.29, 0.717) is 11.6 Å². The van der Waals surface area contributed by atoms with E-state index in [1.54, 1.807) is 24.8 Å². The second-order valence-corrected chi connectivity index (χ2v) is 9.94. The van der Waals surface area contributed by atoms with Crippen LogP contribution >= 0.6 is 0 Å². The highest BCUT2D eigenvalue weighted by atomic mass is 16.3. The van der Waals surface area contributed by atoms with Crippen LogP contribution in [-0.2, 0) is 0 Å². The summed E-state index contributed by atoms with van der Waals surface area (Å²) in [7, 11) is 0. The topological polar surface area (TPSA) is 109 Å². The van der Waals surface area contributed by atoms with E-state index in [1.807, 2.05) is 72.9 Å². The molecule has 0 radical (unpaired) electrons. The van der Waals surface area contributed by atoms with Crippen LogP contribution in [-0.4, -0.2) is 42.2 Å². The first-order valence-corrected chi connectivity index (χ1v) is 13.7. The fourth-order valence-corrected chi connectivity index (χ4v) is 4.79. The zero-order valence-corrected chi connectivity index (χ0v) is 22.4. The zero-order chi connectivity index (χ0) is 27.9. The Balaban J connectivity index is 1.18. The van der Waals surface area contributed by atoms with Crippen molar-refractivity contribution in [1.82, 2.24) is 24.9 Å². The quantitative estimate of drug-likeness (QED) is 0.231. The highest BCUT2D eigenvalue weighted by Crippen LogP contribution is 2.29. The predicted octanol–water partition coefficient (Wildman–Crippen LogP) is 5.85. The molecule has 1 aliphatic carbocycles. The van der Waals surface area contributed by atoms with Gasteiger partial charge in [0.1, 0.15) is 11.5 Å². The number of benzene rings is 1. The van der Waals surface area contributed by atoms with Gasteiger partial charge in [-0.3, -0.25) is 9.97 Å². The molecule has 0 saturated heterocycles. The molecule has 8 nitrogen and oxygen atoms in total. The molecule has 4 heterocycles. The lowest BCUT2D eigenvalue weighted by atomic mass is 9.93. The van der Waals surface area contributed by atoms with Crippen LogP contribution in [0.15, 0.2) is 97.7 Å². The SMILES string of the molecule is OC1CCC(Nc2nc(Nc3ccc(C#Cc4cc(-c5cccnc5)ccn4)cc3)ncc2-c2ccccn2)CC1. The summed E-state index contributed by atoms with van der Waals surface area (Å²) in [6.45, 7) is 0. The Morgan fingerprint density at radius 1 is 0.756 bits per heavy atom. The molecule has 0 spiro atoms. The summed E-state index contributed by atoms with van der Waals surface area (Å²) in [5, 5.41) is 16.8. The summed E-state index contributed by atoms with van der Waals surface area (Å²) in [6, 6.07) is 21.7. The number of anilines is 3. The third-order valence-corrected chi connectivity index (χ3v) is 7.00. The maximum Gasteiger partial charge on any atom is 0.229 e. The average Bonchev–Trinajstić information content (AvgIpc) is 3.03. The molecule has 6 rings (SSSR count). The smallest absolute Gasteiger partial charge is 0.229 e. The number of nitrogens with one attached hydrogen (secondary N) is 2. The Kier molecular flexibility index (Phi) is 7.88. The monoisotopic (exact) mass is 539 g/mol. The number of aromatic nitrogens is 5. The maximum atomic E-state index is 9.91. The second kappa shape index (κ2) is 12.4. The third kappa shape index (κ3) is 6.72. The van der Waals surface area contributed by atoms with Gasteiger partial charge >= 0.3 is 0 Å². The van der Waals surface area contributed by atoms with E-state index < -0.39 is 0 Å². The van der Waals surface area contributed by atoms with Gasteiger partial charge in [-0.15, -0.1) is 0 Å². The predicted molar refractivity (Wildman–Crippen MR) is 160 cm³/mol. The molecular formula is C33H29N7O. The number of pyridine rings is 3. The highest BCUT2D eigenvalue weighted by Gasteiger charge is 2.21. The van der Waals surface area contributed by atoms with Crippen molar-refractivity contribution in [2.75, 3.05) is 10.6 Å². The first-order valence-electron chi connectivity index (χ1n) is 13.7. The van der Waals surface area contributed by atoms with Gasteiger partial charge in [-0.05, 0) is 91.8 Å². The minimum atomic E-state index is -0.216. The molecule has 1 aromatic carbocycles. The number of hydrogen-bond donors (Lipinski definition) is 3. The van der Waals surface area contributed by atoms with E-state index in [2.05, 4.69) is 42.4 Å². The molecule has 0 atom stereocenters. The normalized spacial score (nSPS) is 16.3. The Labute approximate surface area is 239 Å². The minimum Gasteiger partial charge on any atom is -0.393 e. The fraction of sp³-hybridized carbons (Fsp3) is 0.182. The van der Waals surface area contributed by atoms with Crippen LogP contribution in [0.4, 0.5) is 17.5 Å². The lowest BCUT2D eigenvalue weighted by Gasteiger charge is -2.27. The standard InChI is InChI=1S/C33H29N7O/c41-29-14-12-26(13-15-29)38-32-30(31-5-1-2-18-36-31)22-37-33(40-32)39-27-9-6-23(7-10-27)8-11-28-20-24(16-19-35-28)25-4-3-17-34-21-25/h1-7,9-10,16-22,26,29,41H,12-15H2,(H2,37,38,39,40). The highest BCUT2D eigenvalue weighted by molar-refractivity contribution is 5.73. The Hall–Kier alpha value is -5.13. The number of rotatable bonds is 6. The number of aliphatic hydroxyl groups excluding tert-OH is 1. The van der Waals surface area contributed by atoms with Gasteiger partial charge in [-0.25, -0.2) is 9.97 Å². The molecule has 0 unspecified atom stereocenters. The van der Waals surface area contributed by atoms with Crippen molar-refractivity contribution in [1.29, 1.82) is 0 Å². The molecule has 0 aliphatic heterocycles. The molecule has 41 heavy (non-hydrogen) atoms. The third-order valence-electron chi connectivity index (χ3n) is 7.00. The van der Waals surface area contributed by atoms with E-state index in [4.69, 9.17) is 4.98 Å². The lowest BCUT2D eigenvalue weighted by molar-refractivity contribution is 0.126. The first-order chi connectivity index (χ1) is 20.2. The van der Waals surface area contributed by atoms with Gasteiger partial charge in [0.15, 0.2) is 0 Å². The molecule has 1 saturated carbocycles. The Morgan fingerprint density at radius 2 is 1.63 bits per heavy atom. The lowest BCUT2D eigenvalue weighted by Crippen LogP contribution is -2.29. The van der Waals surface area contributed by atoms with Gasteiger partial charge in [0.05, 0.1) is 17.4 Å². The summed E-state index contributed by atoms with van der Waals surface area (Å²) >= 11 is 0. The van der Waals surface area contributed by atoms with E-state index in [-0.39, 0.29) is 12.1 Å². The van der Waals surface area contributed by atoms with Crippen molar-refractivity contribution in [3.05, 3.63) is 109 Å². The summed E-state index contributed by atoms with van der Waals surface area (Å²) < 4.78 is 0. The molecule has 4 aromatic heterocycles. The van der Waals surface area contributed by atoms with Gasteiger partial charge in [0, 0.05) is 53.8 Å². The van der Waals surface area contributed by atoms with E-state index in [9.17, 15) is 5.11 Å². The second-order valence-electron chi connectivity index (χ2n) is 9.94. The van der Waals surface area contributed by atoms with Crippen LogP contribution in [0.1, 0.15) is 36.9 Å². The molecule has 0 bridgehead atoms. The Bertz CT molecular complexity index is 1660. The first kappa shape index (κ1) is 26.1. The zero-order valence-electron chi connectivity index (χ0n) is 22.4. The number of aliphatic hydroxyl groups is 1. The molecule has 5 aromatic rings.